The Morgan fingerprint density at radius 3 is 2.55 bits per heavy atom. The number of hydrogen-bond donors (Lipinski definition) is 1. The molecule has 2 heterocycles. The molecule has 33 heavy (non-hydrogen) atoms. The first-order chi connectivity index (χ1) is 16.1. The van der Waals surface area contributed by atoms with E-state index < -0.39 is 0 Å². The van der Waals surface area contributed by atoms with Gasteiger partial charge in [0.05, 0.1) is 0 Å². The second-order valence-electron chi connectivity index (χ2n) is 10.1. The van der Waals surface area contributed by atoms with Crippen LogP contribution in [-0.2, 0) is 13.0 Å². The fraction of sp³-hybridized carbons (Fsp3) is 0.833. The molecule has 2 fully saturated rings. The summed E-state index contributed by atoms with van der Waals surface area (Å²) in [4.78, 5) is 25.5. The Labute approximate surface area is 195 Å². The average molecular weight is 458 g/mol. The van der Waals surface area contributed by atoms with Crippen LogP contribution in [0.1, 0.15) is 113 Å². The molecule has 0 radical (unpaired) electrons. The summed E-state index contributed by atoms with van der Waals surface area (Å²) in [5.74, 6) is 3.68. The van der Waals surface area contributed by atoms with Gasteiger partial charge in [-0.25, -0.2) is 4.79 Å². The summed E-state index contributed by atoms with van der Waals surface area (Å²) in [6.45, 7) is 4.77. The Morgan fingerprint density at radius 1 is 1.06 bits per heavy atom. The topological polar surface area (TPSA) is 111 Å². The highest BCUT2D eigenvalue weighted by atomic mass is 16.2. The Morgan fingerprint density at radius 2 is 1.85 bits per heavy atom. The largest absolute Gasteiger partial charge is 0.353 e. The molecule has 0 spiro atoms. The number of aryl methyl sites for hydroxylation is 1. The van der Waals surface area contributed by atoms with Crippen LogP contribution in [0.15, 0.2) is 4.79 Å². The molecule has 2 aromatic heterocycles. The monoisotopic (exact) mass is 457 g/mol. The summed E-state index contributed by atoms with van der Waals surface area (Å²) in [6.07, 6.45) is 13.4. The number of H-pyrrole nitrogens is 1. The summed E-state index contributed by atoms with van der Waals surface area (Å²) in [7, 11) is 0. The molecule has 2 unspecified atom stereocenters. The third-order valence-corrected chi connectivity index (χ3v) is 7.84. The molecule has 2 aliphatic carbocycles. The van der Waals surface area contributed by atoms with Crippen LogP contribution >= 0.6 is 0 Å². The van der Waals surface area contributed by atoms with Crippen molar-refractivity contribution in [1.29, 1.82) is 0 Å². The molecule has 2 aromatic rings. The Balaban J connectivity index is 1.42. The summed E-state index contributed by atoms with van der Waals surface area (Å²) < 4.78 is 2.93. The molecule has 0 saturated heterocycles. The Bertz CT molecular complexity index is 941. The van der Waals surface area contributed by atoms with E-state index in [1.165, 1.54) is 32.1 Å². The number of aromatic amines is 1. The van der Waals surface area contributed by atoms with Crippen LogP contribution in [0.5, 0.6) is 0 Å². The molecule has 4 rings (SSSR count). The van der Waals surface area contributed by atoms with Gasteiger partial charge in [0, 0.05) is 25.3 Å². The van der Waals surface area contributed by atoms with Crippen molar-refractivity contribution in [2.24, 2.45) is 17.8 Å². The molecule has 0 amide bonds. The van der Waals surface area contributed by atoms with Crippen LogP contribution in [0.25, 0.3) is 0 Å². The third-order valence-electron chi connectivity index (χ3n) is 7.84. The van der Waals surface area contributed by atoms with Gasteiger partial charge in [0.15, 0.2) is 5.82 Å². The average Bonchev–Trinajstić information content (AvgIpc) is 3.48. The quantitative estimate of drug-likeness (QED) is 0.606. The van der Waals surface area contributed by atoms with Crippen molar-refractivity contribution in [2.45, 2.75) is 110 Å². The molecule has 0 aromatic carbocycles. The fourth-order valence-electron chi connectivity index (χ4n) is 6.05. The van der Waals surface area contributed by atoms with E-state index in [0.717, 1.165) is 61.3 Å². The van der Waals surface area contributed by atoms with E-state index in [-0.39, 0.29) is 11.6 Å². The van der Waals surface area contributed by atoms with Crippen LogP contribution in [0.4, 0.5) is 0 Å². The minimum Gasteiger partial charge on any atom is -0.278 e. The molecule has 2 atom stereocenters. The van der Waals surface area contributed by atoms with Crippen LogP contribution in [0.3, 0.4) is 0 Å². The lowest BCUT2D eigenvalue weighted by molar-refractivity contribution is 0.0879. The highest BCUT2D eigenvalue weighted by Gasteiger charge is 2.37. The number of hydrogen-bond acceptors (Lipinski definition) is 6. The van der Waals surface area contributed by atoms with Crippen molar-refractivity contribution >= 4 is 5.91 Å². The number of rotatable bonds is 9. The van der Waals surface area contributed by atoms with Crippen LogP contribution in [0.2, 0.25) is 0 Å². The zero-order valence-corrected chi connectivity index (χ0v) is 20.2. The van der Waals surface area contributed by atoms with Crippen molar-refractivity contribution in [1.82, 2.24) is 35.0 Å². The number of unbranched alkanes of at least 4 members (excludes halogenated alkanes) is 1. The molecule has 9 nitrogen and oxygen atoms in total. The number of carbonyl (C=O) groups excluding carboxylic acids is 1. The maximum atomic E-state index is 13.0. The lowest BCUT2D eigenvalue weighted by Crippen LogP contribution is -2.33. The van der Waals surface area contributed by atoms with Crippen LogP contribution < -0.4 is 5.69 Å². The maximum absolute atomic E-state index is 13.0. The second-order valence-corrected chi connectivity index (χ2v) is 10.1. The van der Waals surface area contributed by atoms with E-state index in [9.17, 15) is 9.59 Å². The van der Waals surface area contributed by atoms with Gasteiger partial charge in [-0.2, -0.15) is 5.21 Å². The fourth-order valence-corrected chi connectivity index (χ4v) is 6.05. The molecule has 2 saturated carbocycles. The smallest absolute Gasteiger partial charge is 0.278 e. The number of nitrogens with one attached hydrogen (secondary N) is 1. The van der Waals surface area contributed by atoms with Gasteiger partial charge in [-0.05, 0) is 69.1 Å². The molecule has 0 bridgehead atoms. The second kappa shape index (κ2) is 11.2. The van der Waals surface area contributed by atoms with E-state index in [1.54, 1.807) is 4.57 Å². The van der Waals surface area contributed by atoms with E-state index in [1.807, 2.05) is 6.92 Å². The number of aromatic nitrogens is 7. The summed E-state index contributed by atoms with van der Waals surface area (Å²) in [6, 6.07) is 0. The number of tetrazole rings is 1. The molecule has 1 N–H and O–H groups in total. The zero-order chi connectivity index (χ0) is 23.2. The van der Waals surface area contributed by atoms with Crippen molar-refractivity contribution in [3.8, 4) is 0 Å². The van der Waals surface area contributed by atoms with Crippen LogP contribution in [0, 0.1) is 17.8 Å². The van der Waals surface area contributed by atoms with Gasteiger partial charge in [0.2, 0.25) is 0 Å². The molecule has 9 heteroatoms. The van der Waals surface area contributed by atoms with E-state index in [0.29, 0.717) is 36.6 Å². The predicted molar refractivity (Wildman–Crippen MR) is 125 cm³/mol. The number of carbonyl (C=O) groups is 1. The lowest BCUT2D eigenvalue weighted by Gasteiger charge is -2.39. The van der Waals surface area contributed by atoms with Gasteiger partial charge < -0.3 is 0 Å². The SMILES string of the molecule is CCCCc1nn(C(=O)CCC)c(=O)n1CC1CCC(C2CCCCC2c2nn[nH]n2)CC1. The minimum atomic E-state index is -0.244. The Kier molecular flexibility index (Phi) is 8.09. The van der Waals surface area contributed by atoms with Gasteiger partial charge in [-0.3, -0.25) is 9.36 Å². The van der Waals surface area contributed by atoms with Crippen molar-refractivity contribution < 1.29 is 4.79 Å². The van der Waals surface area contributed by atoms with Crippen molar-refractivity contribution in [3.05, 3.63) is 22.1 Å². The molecule has 182 valence electrons. The minimum absolute atomic E-state index is 0.187. The van der Waals surface area contributed by atoms with Gasteiger partial charge in [0.1, 0.15) is 5.82 Å². The van der Waals surface area contributed by atoms with Gasteiger partial charge in [0.25, 0.3) is 5.91 Å². The first-order valence-electron chi connectivity index (χ1n) is 13.1. The maximum Gasteiger partial charge on any atom is 0.353 e. The van der Waals surface area contributed by atoms with E-state index >= 15 is 0 Å². The molecule has 0 aliphatic heterocycles. The lowest BCUT2D eigenvalue weighted by atomic mass is 9.66. The molecular formula is C24H39N7O2. The number of nitrogens with zero attached hydrogens (tertiary/aromatic N) is 6. The third kappa shape index (κ3) is 5.44. The predicted octanol–water partition coefficient (Wildman–Crippen LogP) is 4.12. The zero-order valence-electron chi connectivity index (χ0n) is 20.2. The van der Waals surface area contributed by atoms with Crippen LogP contribution in [-0.4, -0.2) is 40.9 Å². The van der Waals surface area contributed by atoms with Gasteiger partial charge in [-0.15, -0.1) is 20.0 Å². The van der Waals surface area contributed by atoms with Crippen molar-refractivity contribution in [3.63, 3.8) is 0 Å². The Hall–Kier alpha value is -2.32. The normalized spacial score (nSPS) is 25.9. The standard InChI is InChI=1S/C24H39N7O2/c1-3-5-11-21-27-31(22(32)8-4-2)24(33)30(21)16-17-12-14-18(15-13-17)19-9-6-7-10-20(19)23-25-28-29-26-23/h17-20H,3-16H2,1-2H3,(H,25,26,28,29). The first-order valence-corrected chi connectivity index (χ1v) is 13.1. The van der Waals surface area contributed by atoms with E-state index in [4.69, 9.17) is 0 Å². The summed E-state index contributed by atoms with van der Waals surface area (Å²) >= 11 is 0. The highest BCUT2D eigenvalue weighted by molar-refractivity contribution is 5.77. The molecule has 2 aliphatic rings. The molecular weight excluding hydrogens is 418 g/mol. The van der Waals surface area contributed by atoms with E-state index in [2.05, 4.69) is 32.6 Å². The highest BCUT2D eigenvalue weighted by Crippen LogP contribution is 2.46. The first kappa shape index (κ1) is 23.8. The summed E-state index contributed by atoms with van der Waals surface area (Å²) in [5.41, 5.74) is -0.244. The van der Waals surface area contributed by atoms with Crippen molar-refractivity contribution in [2.75, 3.05) is 0 Å². The summed E-state index contributed by atoms with van der Waals surface area (Å²) in [5, 5.41) is 19.5. The van der Waals surface area contributed by atoms with Gasteiger partial charge >= 0.3 is 5.69 Å². The van der Waals surface area contributed by atoms with Gasteiger partial charge in [-0.1, -0.05) is 38.3 Å².